The molecule has 202 valence electrons. The molecule has 0 saturated carbocycles. The van der Waals surface area contributed by atoms with Crippen molar-refractivity contribution in [2.75, 3.05) is 31.1 Å². The Hall–Kier alpha value is -5.45. The molecule has 41 heavy (non-hydrogen) atoms. The average molecular weight is 547 g/mol. The third-order valence-electron chi connectivity index (χ3n) is 7.36. The van der Waals surface area contributed by atoms with E-state index in [1.54, 1.807) is 6.20 Å². The number of anilines is 1. The number of hydrogen-bond donors (Lipinski definition) is 2. The first-order chi connectivity index (χ1) is 20.1. The lowest BCUT2D eigenvalue weighted by atomic mass is 10.1. The Morgan fingerprint density at radius 2 is 1.68 bits per heavy atom. The summed E-state index contributed by atoms with van der Waals surface area (Å²) in [6.45, 7) is 1.72. The summed E-state index contributed by atoms with van der Waals surface area (Å²) < 4.78 is 15.1. The van der Waals surface area contributed by atoms with E-state index in [9.17, 15) is 9.59 Å². The van der Waals surface area contributed by atoms with Crippen molar-refractivity contribution in [2.45, 2.75) is 0 Å². The Kier molecular flexibility index (Phi) is 5.96. The van der Waals surface area contributed by atoms with E-state index in [0.29, 0.717) is 43.5 Å². The van der Waals surface area contributed by atoms with E-state index in [1.807, 2.05) is 60.7 Å². The van der Waals surface area contributed by atoms with E-state index in [1.165, 1.54) is 11.1 Å². The van der Waals surface area contributed by atoms with Crippen molar-refractivity contribution in [3.8, 4) is 22.9 Å². The van der Waals surface area contributed by atoms with Crippen LogP contribution in [0.5, 0.6) is 0 Å². The number of nitrogens with zero attached hydrogens (tertiary/aromatic N) is 6. The number of fused-ring (bicyclic) bond motifs is 2. The summed E-state index contributed by atoms with van der Waals surface area (Å²) in [7, 11) is 0. The second-order valence-corrected chi connectivity index (χ2v) is 9.74. The fourth-order valence-electron chi connectivity index (χ4n) is 5.29. The molecule has 1 fully saturated rings. The number of amides is 1. The van der Waals surface area contributed by atoms with Gasteiger partial charge in [0.15, 0.2) is 17.5 Å². The lowest BCUT2D eigenvalue weighted by Gasteiger charge is -2.35. The number of aromatic nitrogens is 6. The Morgan fingerprint density at radius 1 is 0.902 bits per heavy atom. The predicted octanol–water partition coefficient (Wildman–Crippen LogP) is 4.23. The Labute approximate surface area is 232 Å². The summed E-state index contributed by atoms with van der Waals surface area (Å²) >= 11 is 0. The molecule has 10 nitrogen and oxygen atoms in total. The number of Topliss-reactive ketones (excluding diaryl/α,β-unsaturated/α-hetero) is 1. The smallest absolute Gasteiger partial charge is 0.295 e. The van der Waals surface area contributed by atoms with Crippen LogP contribution in [-0.2, 0) is 4.79 Å². The normalized spacial score (nSPS) is 13.7. The predicted molar refractivity (Wildman–Crippen MR) is 152 cm³/mol. The number of pyridine rings is 2. The van der Waals surface area contributed by atoms with Crippen molar-refractivity contribution in [3.05, 3.63) is 90.6 Å². The van der Waals surface area contributed by atoms with Crippen LogP contribution in [0, 0.1) is 5.82 Å². The first kappa shape index (κ1) is 24.6. The number of nitrogens with one attached hydrogen (secondary N) is 2. The number of halogens is 1. The van der Waals surface area contributed by atoms with E-state index in [4.69, 9.17) is 0 Å². The maximum absolute atomic E-state index is 15.1. The highest BCUT2D eigenvalue weighted by Gasteiger charge is 2.31. The molecule has 6 aromatic rings. The lowest BCUT2D eigenvalue weighted by molar-refractivity contribution is -0.126. The minimum absolute atomic E-state index is 0.00963. The highest BCUT2D eigenvalue weighted by Crippen LogP contribution is 2.30. The number of ketones is 1. The van der Waals surface area contributed by atoms with Gasteiger partial charge in [-0.05, 0) is 11.5 Å². The fourth-order valence-corrected chi connectivity index (χ4v) is 5.29. The summed E-state index contributed by atoms with van der Waals surface area (Å²) in [4.78, 5) is 46.5. The van der Waals surface area contributed by atoms with Crippen LogP contribution < -0.4 is 4.90 Å². The van der Waals surface area contributed by atoms with Crippen LogP contribution in [0.15, 0.2) is 79.3 Å². The monoisotopic (exact) mass is 546 g/mol. The molecule has 7 rings (SSSR count). The van der Waals surface area contributed by atoms with Crippen molar-refractivity contribution < 1.29 is 14.0 Å². The molecule has 2 aromatic carbocycles. The molecule has 1 saturated heterocycles. The quantitative estimate of drug-likeness (QED) is 0.245. The zero-order valence-electron chi connectivity index (χ0n) is 21.7. The van der Waals surface area contributed by atoms with Gasteiger partial charge in [0.25, 0.3) is 11.7 Å². The van der Waals surface area contributed by atoms with Crippen molar-refractivity contribution >= 4 is 39.2 Å². The molecule has 0 bridgehead atoms. The second-order valence-electron chi connectivity index (χ2n) is 9.74. The number of piperazine rings is 1. The SMILES string of the molecule is O=C(C(=O)N1CCN(c2nccc3ccccc23)CC1)c1c[nH]c2c(-c3nc(-c4ccccc4)n[nH]3)ncc(F)c12. The van der Waals surface area contributed by atoms with Crippen molar-refractivity contribution in [2.24, 2.45) is 0 Å². The van der Waals surface area contributed by atoms with Gasteiger partial charge in [-0.25, -0.2) is 19.3 Å². The van der Waals surface area contributed by atoms with Crippen LogP contribution >= 0.6 is 0 Å². The van der Waals surface area contributed by atoms with Gasteiger partial charge in [0, 0.05) is 49.5 Å². The molecule has 0 radical (unpaired) electrons. The molecule has 0 spiro atoms. The fraction of sp³-hybridized carbons (Fsp3) is 0.133. The van der Waals surface area contributed by atoms with Gasteiger partial charge in [-0.1, -0.05) is 54.6 Å². The highest BCUT2D eigenvalue weighted by molar-refractivity contribution is 6.45. The van der Waals surface area contributed by atoms with Crippen LogP contribution in [0.25, 0.3) is 44.6 Å². The molecular weight excluding hydrogens is 523 g/mol. The summed E-state index contributed by atoms with van der Waals surface area (Å²) in [6.07, 6.45) is 4.14. The van der Waals surface area contributed by atoms with Crippen LogP contribution in [0.2, 0.25) is 0 Å². The average Bonchev–Trinajstić information content (AvgIpc) is 3.70. The van der Waals surface area contributed by atoms with Gasteiger partial charge < -0.3 is 14.8 Å². The van der Waals surface area contributed by atoms with E-state index >= 15 is 4.39 Å². The lowest BCUT2D eigenvalue weighted by Crippen LogP contribution is -2.50. The minimum atomic E-state index is -0.786. The van der Waals surface area contributed by atoms with Gasteiger partial charge in [0.05, 0.1) is 22.7 Å². The summed E-state index contributed by atoms with van der Waals surface area (Å²) in [6, 6.07) is 19.4. The Balaban J connectivity index is 1.12. The molecule has 5 heterocycles. The third kappa shape index (κ3) is 4.27. The van der Waals surface area contributed by atoms with Gasteiger partial charge in [0.1, 0.15) is 11.5 Å². The number of rotatable bonds is 5. The number of hydrogen-bond acceptors (Lipinski definition) is 7. The summed E-state index contributed by atoms with van der Waals surface area (Å²) in [5.41, 5.74) is 1.30. The maximum atomic E-state index is 15.1. The van der Waals surface area contributed by atoms with Crippen molar-refractivity contribution in [1.82, 2.24) is 35.0 Å². The topological polar surface area (TPSA) is 124 Å². The van der Waals surface area contributed by atoms with Gasteiger partial charge in [-0.3, -0.25) is 14.7 Å². The molecule has 4 aromatic heterocycles. The number of benzene rings is 2. The standard InChI is InChI=1S/C30H23FN8O2/c31-22-17-34-25(28-35-27(36-37-28)19-7-2-1-3-8-19)24-23(22)21(16-33-24)26(40)30(41)39-14-12-38(13-15-39)29-20-9-5-4-6-18(20)10-11-32-29/h1-11,16-17,33H,12-15H2,(H,35,36,37). The molecule has 0 atom stereocenters. The van der Waals surface area contributed by atoms with Crippen LogP contribution in [0.3, 0.4) is 0 Å². The van der Waals surface area contributed by atoms with E-state index < -0.39 is 17.5 Å². The van der Waals surface area contributed by atoms with Gasteiger partial charge >= 0.3 is 0 Å². The molecular formula is C30H23FN8O2. The van der Waals surface area contributed by atoms with Crippen molar-refractivity contribution in [1.29, 1.82) is 0 Å². The number of H-pyrrole nitrogens is 2. The number of carbonyl (C=O) groups excluding carboxylic acids is 2. The Morgan fingerprint density at radius 3 is 2.51 bits per heavy atom. The zero-order valence-corrected chi connectivity index (χ0v) is 21.7. The van der Waals surface area contributed by atoms with Gasteiger partial charge in [-0.2, -0.15) is 5.10 Å². The van der Waals surface area contributed by atoms with E-state index in [0.717, 1.165) is 28.4 Å². The first-order valence-electron chi connectivity index (χ1n) is 13.1. The van der Waals surface area contributed by atoms with Crippen LogP contribution in [0.1, 0.15) is 10.4 Å². The van der Waals surface area contributed by atoms with Crippen LogP contribution in [-0.4, -0.2) is 72.9 Å². The van der Waals surface area contributed by atoms with Gasteiger partial charge in [0.2, 0.25) is 0 Å². The number of aromatic amines is 2. The molecule has 2 N–H and O–H groups in total. The Bertz CT molecular complexity index is 1920. The largest absolute Gasteiger partial charge is 0.358 e. The van der Waals surface area contributed by atoms with E-state index in [-0.39, 0.29) is 16.5 Å². The maximum Gasteiger partial charge on any atom is 0.295 e. The molecule has 0 unspecified atom stereocenters. The molecule has 1 amide bonds. The minimum Gasteiger partial charge on any atom is -0.358 e. The molecule has 1 aliphatic heterocycles. The van der Waals surface area contributed by atoms with E-state index in [2.05, 4.69) is 35.0 Å². The third-order valence-corrected chi connectivity index (χ3v) is 7.36. The molecule has 0 aliphatic carbocycles. The van der Waals surface area contributed by atoms with Crippen molar-refractivity contribution in [3.63, 3.8) is 0 Å². The summed E-state index contributed by atoms with van der Waals surface area (Å²) in [5, 5.41) is 9.20. The zero-order chi connectivity index (χ0) is 27.9. The molecule has 11 heteroatoms. The summed E-state index contributed by atoms with van der Waals surface area (Å²) in [5.74, 6) is -0.569. The first-order valence-corrected chi connectivity index (χ1v) is 13.1. The van der Waals surface area contributed by atoms with Gasteiger partial charge in [-0.15, -0.1) is 0 Å². The number of carbonyl (C=O) groups is 2. The van der Waals surface area contributed by atoms with Crippen LogP contribution in [0.4, 0.5) is 10.2 Å². The molecule has 1 aliphatic rings. The second kappa shape index (κ2) is 9.94. The highest BCUT2D eigenvalue weighted by atomic mass is 19.1.